The van der Waals surface area contributed by atoms with E-state index in [1.165, 1.54) is 24.8 Å². The van der Waals surface area contributed by atoms with Crippen molar-refractivity contribution >= 4 is 18.2 Å². The highest BCUT2D eigenvalue weighted by Gasteiger charge is 2.23. The largest absolute Gasteiger partial charge is 0.492 e. The molecule has 2 aromatic rings. The number of ether oxygens (including phenoxy) is 1. The number of nitrogens with zero attached hydrogens (tertiary/aromatic N) is 1. The van der Waals surface area contributed by atoms with Crippen molar-refractivity contribution in [1.29, 1.82) is 0 Å². The van der Waals surface area contributed by atoms with Crippen molar-refractivity contribution in [3.8, 4) is 5.75 Å². The van der Waals surface area contributed by atoms with Crippen LogP contribution < -0.4 is 4.74 Å². The van der Waals surface area contributed by atoms with E-state index in [0.29, 0.717) is 19.1 Å². The zero-order valence-electron chi connectivity index (χ0n) is 16.7. The number of rotatable bonds is 6. The zero-order valence-corrected chi connectivity index (χ0v) is 17.6. The van der Waals surface area contributed by atoms with Gasteiger partial charge in [0.1, 0.15) is 18.2 Å². The third-order valence-electron chi connectivity index (χ3n) is 6.01. The monoisotopic (exact) mass is 417 g/mol. The second-order valence-electron chi connectivity index (χ2n) is 7.96. The summed E-state index contributed by atoms with van der Waals surface area (Å²) in [6, 6.07) is 13.3. The number of likely N-dealkylation sites (tertiary alicyclic amines) is 1. The molecule has 1 fully saturated rings. The predicted molar refractivity (Wildman–Crippen MR) is 116 cm³/mol. The first-order chi connectivity index (χ1) is 13.7. The Morgan fingerprint density at radius 3 is 2.69 bits per heavy atom. The molecule has 0 amide bonds. The molecule has 2 aromatic carbocycles. The highest BCUT2D eigenvalue weighted by atomic mass is 35.5. The minimum Gasteiger partial charge on any atom is -0.492 e. The molecule has 1 unspecified atom stereocenters. The second-order valence-corrected chi connectivity index (χ2v) is 7.96. The molecule has 1 aliphatic carbocycles. The molecule has 3 nitrogen and oxygen atoms in total. The molecule has 4 rings (SSSR count). The lowest BCUT2D eigenvalue weighted by Crippen LogP contribution is -2.43. The average molecular weight is 418 g/mol. The summed E-state index contributed by atoms with van der Waals surface area (Å²) in [5.41, 5.74) is 3.18. The number of piperidine rings is 1. The maximum atomic E-state index is 13.2. The van der Waals surface area contributed by atoms with Gasteiger partial charge in [-0.25, -0.2) is 4.39 Å². The first-order valence-corrected chi connectivity index (χ1v) is 10.5. The fourth-order valence-electron chi connectivity index (χ4n) is 4.46. The fourth-order valence-corrected chi connectivity index (χ4v) is 4.46. The van der Waals surface area contributed by atoms with E-state index in [-0.39, 0.29) is 24.0 Å². The van der Waals surface area contributed by atoms with Gasteiger partial charge in [0.05, 0.1) is 0 Å². The van der Waals surface area contributed by atoms with Crippen LogP contribution in [0.15, 0.2) is 42.5 Å². The summed E-state index contributed by atoms with van der Waals surface area (Å²) < 4.78 is 19.1. The quantitative estimate of drug-likeness (QED) is 0.643. The summed E-state index contributed by atoms with van der Waals surface area (Å²) in [5, 5.41) is 0. The van der Waals surface area contributed by atoms with E-state index in [2.05, 4.69) is 4.90 Å². The van der Waals surface area contributed by atoms with Gasteiger partial charge in [-0.2, -0.15) is 0 Å². The Bertz CT molecular complexity index is 824. The number of Topliss-reactive ketones (excluding diaryl/α,β-unsaturated/α-hetero) is 1. The van der Waals surface area contributed by atoms with Crippen molar-refractivity contribution in [2.45, 2.75) is 51.0 Å². The molecule has 1 atom stereocenters. The maximum absolute atomic E-state index is 13.2. The van der Waals surface area contributed by atoms with E-state index in [9.17, 15) is 9.18 Å². The molecule has 1 aliphatic heterocycles. The van der Waals surface area contributed by atoms with Gasteiger partial charge < -0.3 is 4.74 Å². The van der Waals surface area contributed by atoms with Gasteiger partial charge in [0.2, 0.25) is 0 Å². The van der Waals surface area contributed by atoms with Crippen LogP contribution in [0.4, 0.5) is 4.39 Å². The first-order valence-electron chi connectivity index (χ1n) is 10.5. The lowest BCUT2D eigenvalue weighted by molar-refractivity contribution is 0.0971. The van der Waals surface area contributed by atoms with Gasteiger partial charge in [-0.1, -0.05) is 24.6 Å². The minimum atomic E-state index is -0.179. The molecular weight excluding hydrogens is 389 g/mol. The van der Waals surface area contributed by atoms with Gasteiger partial charge >= 0.3 is 0 Å². The van der Waals surface area contributed by atoms with Crippen LogP contribution in [-0.4, -0.2) is 36.4 Å². The highest BCUT2D eigenvalue weighted by Crippen LogP contribution is 2.26. The predicted octanol–water partition coefficient (Wildman–Crippen LogP) is 5.24. The molecule has 0 radical (unpaired) electrons. The maximum Gasteiger partial charge on any atom is 0.163 e. The van der Waals surface area contributed by atoms with Crippen molar-refractivity contribution in [3.05, 3.63) is 65.0 Å². The molecule has 156 valence electrons. The molecule has 2 aliphatic rings. The van der Waals surface area contributed by atoms with Gasteiger partial charge in [-0.05, 0) is 74.0 Å². The van der Waals surface area contributed by atoms with Crippen molar-refractivity contribution in [3.63, 3.8) is 0 Å². The van der Waals surface area contributed by atoms with Crippen molar-refractivity contribution in [2.24, 2.45) is 0 Å². The van der Waals surface area contributed by atoms with E-state index in [1.807, 2.05) is 30.3 Å². The molecule has 1 heterocycles. The Labute approximate surface area is 178 Å². The van der Waals surface area contributed by atoms with E-state index in [4.69, 9.17) is 4.74 Å². The normalized spacial score (nSPS) is 19.3. The van der Waals surface area contributed by atoms with Gasteiger partial charge in [0.15, 0.2) is 5.78 Å². The fraction of sp³-hybridized carbons (Fsp3) is 0.458. The molecule has 0 N–H and O–H groups in total. The molecule has 0 aromatic heterocycles. The van der Waals surface area contributed by atoms with Crippen LogP contribution in [-0.2, 0) is 12.8 Å². The van der Waals surface area contributed by atoms with Gasteiger partial charge in [0.25, 0.3) is 0 Å². The number of fused-ring (bicyclic) bond motifs is 1. The molecular formula is C24H29ClFNO2. The third-order valence-corrected chi connectivity index (χ3v) is 6.01. The Hall–Kier alpha value is -1.91. The summed E-state index contributed by atoms with van der Waals surface area (Å²) >= 11 is 0. The Kier molecular flexibility index (Phi) is 7.68. The number of benzene rings is 2. The van der Waals surface area contributed by atoms with E-state index < -0.39 is 0 Å². The van der Waals surface area contributed by atoms with Crippen LogP contribution in [0.3, 0.4) is 0 Å². The summed E-state index contributed by atoms with van der Waals surface area (Å²) in [6.45, 7) is 2.57. The molecule has 0 bridgehead atoms. The van der Waals surface area contributed by atoms with Crippen LogP contribution in [0.2, 0.25) is 0 Å². The van der Waals surface area contributed by atoms with Gasteiger partial charge in [-0.15, -0.1) is 12.4 Å². The number of ketones is 1. The van der Waals surface area contributed by atoms with Crippen LogP contribution in [0.1, 0.15) is 53.6 Å². The Morgan fingerprint density at radius 2 is 1.86 bits per heavy atom. The third kappa shape index (κ3) is 5.58. The Morgan fingerprint density at radius 1 is 1.03 bits per heavy atom. The lowest BCUT2D eigenvalue weighted by Gasteiger charge is -2.35. The summed E-state index contributed by atoms with van der Waals surface area (Å²) in [6.07, 6.45) is 7.17. The summed E-state index contributed by atoms with van der Waals surface area (Å²) in [4.78, 5) is 14.6. The number of aryl methyl sites for hydroxylation is 1. The highest BCUT2D eigenvalue weighted by molar-refractivity contribution is 5.98. The number of hydrogen-bond acceptors (Lipinski definition) is 3. The summed E-state index contributed by atoms with van der Waals surface area (Å²) in [5.74, 6) is 0.851. The smallest absolute Gasteiger partial charge is 0.163 e. The average Bonchev–Trinajstić information content (AvgIpc) is 2.71. The number of carbonyl (C=O) groups is 1. The molecule has 0 spiro atoms. The minimum absolute atomic E-state index is 0. The Balaban J connectivity index is 0.00000240. The second kappa shape index (κ2) is 10.2. The standard InChI is InChI=1S/C24H28FNO2.ClH/c25-20-10-7-18(8-11-20)16-21-5-1-2-13-26(21)14-15-28-22-12-9-19-4-3-6-24(27)23(19)17-22;/h7-12,17,21H,1-6,13-16H2;1H. The SMILES string of the molecule is Cl.O=C1CCCc2ccc(OCCN3CCCCC3Cc3ccc(F)cc3)cc21. The van der Waals surface area contributed by atoms with E-state index in [0.717, 1.165) is 49.2 Å². The van der Waals surface area contributed by atoms with Crippen molar-refractivity contribution in [2.75, 3.05) is 19.7 Å². The van der Waals surface area contributed by atoms with Crippen LogP contribution >= 0.6 is 12.4 Å². The number of hydrogen-bond donors (Lipinski definition) is 0. The first kappa shape index (κ1) is 21.8. The van der Waals surface area contributed by atoms with E-state index >= 15 is 0 Å². The van der Waals surface area contributed by atoms with Crippen LogP contribution in [0.25, 0.3) is 0 Å². The zero-order chi connectivity index (χ0) is 19.3. The van der Waals surface area contributed by atoms with Crippen molar-refractivity contribution < 1.29 is 13.9 Å². The van der Waals surface area contributed by atoms with Crippen LogP contribution in [0.5, 0.6) is 5.75 Å². The summed E-state index contributed by atoms with van der Waals surface area (Å²) in [7, 11) is 0. The van der Waals surface area contributed by atoms with Crippen LogP contribution in [0, 0.1) is 5.82 Å². The molecule has 5 heteroatoms. The number of halogens is 2. The van der Waals surface area contributed by atoms with Gasteiger partial charge in [-0.3, -0.25) is 9.69 Å². The molecule has 1 saturated heterocycles. The molecule has 29 heavy (non-hydrogen) atoms. The lowest BCUT2D eigenvalue weighted by atomic mass is 9.90. The van der Waals surface area contributed by atoms with E-state index in [1.54, 1.807) is 12.1 Å². The van der Waals surface area contributed by atoms with Gasteiger partial charge in [0, 0.05) is 24.6 Å². The van der Waals surface area contributed by atoms with Crippen molar-refractivity contribution in [1.82, 2.24) is 4.90 Å². The topological polar surface area (TPSA) is 29.5 Å². The molecule has 0 saturated carbocycles. The number of carbonyl (C=O) groups excluding carboxylic acids is 1.